The zero-order valence-corrected chi connectivity index (χ0v) is 12.1. The number of rotatable bonds is 6. The van der Waals surface area contributed by atoms with E-state index in [-0.39, 0.29) is 0 Å². The van der Waals surface area contributed by atoms with Crippen LogP contribution < -0.4 is 9.47 Å². The number of carbonyl (C=O) groups is 1. The van der Waals surface area contributed by atoms with Gasteiger partial charge in [0.2, 0.25) is 0 Å². The number of aromatic carboxylic acids is 1. The Labute approximate surface area is 120 Å². The largest absolute Gasteiger partial charge is 0.497 e. The maximum Gasteiger partial charge on any atom is 0.347 e. The second-order valence-electron chi connectivity index (χ2n) is 4.10. The van der Waals surface area contributed by atoms with Crippen LogP contribution in [0, 0.1) is 6.92 Å². The number of ether oxygens (including phenoxy) is 2. The average molecular weight is 293 g/mol. The summed E-state index contributed by atoms with van der Waals surface area (Å²) < 4.78 is 10.6. The van der Waals surface area contributed by atoms with Crippen LogP contribution in [-0.4, -0.2) is 29.8 Å². The van der Waals surface area contributed by atoms with Crippen LogP contribution in [0.3, 0.4) is 0 Å². The van der Waals surface area contributed by atoms with E-state index in [0.29, 0.717) is 23.6 Å². The quantitative estimate of drug-likeness (QED) is 0.887. The van der Waals surface area contributed by atoms with Crippen LogP contribution >= 0.6 is 11.3 Å². The van der Waals surface area contributed by atoms with Crippen molar-refractivity contribution in [3.63, 3.8) is 0 Å². The second-order valence-corrected chi connectivity index (χ2v) is 5.18. The van der Waals surface area contributed by atoms with E-state index in [0.717, 1.165) is 16.5 Å². The molecule has 0 fully saturated rings. The zero-order chi connectivity index (χ0) is 14.5. The van der Waals surface area contributed by atoms with Crippen molar-refractivity contribution in [2.75, 3.05) is 13.7 Å². The van der Waals surface area contributed by atoms with Crippen molar-refractivity contribution in [2.24, 2.45) is 0 Å². The molecule has 0 spiro atoms. The van der Waals surface area contributed by atoms with Crippen molar-refractivity contribution in [1.29, 1.82) is 0 Å². The molecule has 0 aliphatic rings. The van der Waals surface area contributed by atoms with Gasteiger partial charge >= 0.3 is 5.97 Å². The number of carboxylic acid groups (broad SMARTS) is 1. The number of hydrogen-bond donors (Lipinski definition) is 1. The molecule has 1 aromatic heterocycles. The lowest BCUT2D eigenvalue weighted by Crippen LogP contribution is -2.01. The van der Waals surface area contributed by atoms with Crippen LogP contribution in [-0.2, 0) is 6.42 Å². The highest BCUT2D eigenvalue weighted by molar-refractivity contribution is 7.13. The molecular formula is C14H15NO4S. The van der Waals surface area contributed by atoms with Crippen LogP contribution in [0.4, 0.5) is 0 Å². The van der Waals surface area contributed by atoms with Gasteiger partial charge in [0.1, 0.15) is 16.4 Å². The Hall–Kier alpha value is -2.08. The molecule has 2 rings (SSSR count). The van der Waals surface area contributed by atoms with Crippen molar-refractivity contribution in [3.05, 3.63) is 39.8 Å². The van der Waals surface area contributed by atoms with E-state index in [1.165, 1.54) is 11.3 Å². The fourth-order valence-corrected chi connectivity index (χ4v) is 2.57. The van der Waals surface area contributed by atoms with E-state index in [1.54, 1.807) is 14.0 Å². The summed E-state index contributed by atoms with van der Waals surface area (Å²) in [4.78, 5) is 15.4. The third-order valence-corrected chi connectivity index (χ3v) is 3.88. The van der Waals surface area contributed by atoms with Crippen molar-refractivity contribution < 1.29 is 19.4 Å². The first-order valence-electron chi connectivity index (χ1n) is 6.06. The number of hydrogen-bond acceptors (Lipinski definition) is 5. The third kappa shape index (κ3) is 3.48. The van der Waals surface area contributed by atoms with Gasteiger partial charge in [-0.3, -0.25) is 0 Å². The Kier molecular flexibility index (Phi) is 4.57. The highest BCUT2D eigenvalue weighted by atomic mass is 32.1. The van der Waals surface area contributed by atoms with Crippen LogP contribution in [0.15, 0.2) is 24.3 Å². The number of methoxy groups -OCH3 is 1. The van der Waals surface area contributed by atoms with E-state index >= 15 is 0 Å². The number of thiazole rings is 1. The minimum atomic E-state index is -0.928. The maximum absolute atomic E-state index is 10.9. The van der Waals surface area contributed by atoms with E-state index in [2.05, 4.69) is 4.98 Å². The van der Waals surface area contributed by atoms with Crippen molar-refractivity contribution in [3.8, 4) is 11.5 Å². The molecule has 2 aromatic rings. The molecule has 1 aromatic carbocycles. The summed E-state index contributed by atoms with van der Waals surface area (Å²) >= 11 is 1.20. The normalized spacial score (nSPS) is 10.3. The molecule has 6 heteroatoms. The van der Waals surface area contributed by atoms with E-state index in [1.807, 2.05) is 24.3 Å². The van der Waals surface area contributed by atoms with Gasteiger partial charge in [-0.2, -0.15) is 0 Å². The summed E-state index contributed by atoms with van der Waals surface area (Å²) in [5.74, 6) is 0.596. The van der Waals surface area contributed by atoms with E-state index in [9.17, 15) is 4.79 Å². The molecular weight excluding hydrogens is 278 g/mol. The predicted molar refractivity (Wildman–Crippen MR) is 76.0 cm³/mol. The SMILES string of the molecule is COc1ccc(OCCc2nc(C)c(C(=O)O)s2)cc1. The Balaban J connectivity index is 1.89. The molecule has 0 saturated heterocycles. The fraction of sp³-hybridized carbons (Fsp3) is 0.286. The minimum absolute atomic E-state index is 0.296. The number of nitrogens with zero attached hydrogens (tertiary/aromatic N) is 1. The van der Waals surface area contributed by atoms with Gasteiger partial charge in [-0.05, 0) is 31.2 Å². The number of aromatic nitrogens is 1. The Bertz CT molecular complexity index is 592. The van der Waals surface area contributed by atoms with Gasteiger partial charge in [0.25, 0.3) is 0 Å². The minimum Gasteiger partial charge on any atom is -0.497 e. The molecule has 5 nitrogen and oxygen atoms in total. The maximum atomic E-state index is 10.9. The van der Waals surface area contributed by atoms with Gasteiger partial charge in [-0.25, -0.2) is 9.78 Å². The lowest BCUT2D eigenvalue weighted by Gasteiger charge is -2.05. The van der Waals surface area contributed by atoms with Crippen molar-refractivity contribution in [2.45, 2.75) is 13.3 Å². The van der Waals surface area contributed by atoms with Crippen molar-refractivity contribution >= 4 is 17.3 Å². The molecule has 106 valence electrons. The molecule has 0 bridgehead atoms. The lowest BCUT2D eigenvalue weighted by atomic mass is 10.3. The highest BCUT2D eigenvalue weighted by Crippen LogP contribution is 2.20. The Morgan fingerprint density at radius 3 is 2.50 bits per heavy atom. The zero-order valence-electron chi connectivity index (χ0n) is 11.3. The molecule has 0 aliphatic carbocycles. The number of benzene rings is 1. The van der Waals surface area contributed by atoms with Crippen LogP contribution in [0.5, 0.6) is 11.5 Å². The van der Waals surface area contributed by atoms with Crippen molar-refractivity contribution in [1.82, 2.24) is 4.98 Å². The standard InChI is InChI=1S/C14H15NO4S/c1-9-13(14(16)17)20-12(15-9)7-8-19-11-5-3-10(18-2)4-6-11/h3-6H,7-8H2,1-2H3,(H,16,17). The Morgan fingerprint density at radius 2 is 1.95 bits per heavy atom. The molecule has 0 radical (unpaired) electrons. The van der Waals surface area contributed by atoms with Crippen LogP contribution in [0.1, 0.15) is 20.4 Å². The summed E-state index contributed by atoms with van der Waals surface area (Å²) in [6.45, 7) is 2.16. The smallest absolute Gasteiger partial charge is 0.347 e. The highest BCUT2D eigenvalue weighted by Gasteiger charge is 2.13. The van der Waals surface area contributed by atoms with Gasteiger partial charge in [0.05, 0.1) is 24.4 Å². The fourth-order valence-electron chi connectivity index (χ4n) is 1.69. The predicted octanol–water partition coefficient (Wildman–Crippen LogP) is 2.78. The number of carboxylic acids is 1. The molecule has 0 unspecified atom stereocenters. The molecule has 1 heterocycles. The third-order valence-electron chi connectivity index (χ3n) is 2.68. The first-order valence-corrected chi connectivity index (χ1v) is 6.88. The van der Waals surface area contributed by atoms with E-state index < -0.39 is 5.97 Å². The van der Waals surface area contributed by atoms with Crippen LogP contribution in [0.25, 0.3) is 0 Å². The summed E-state index contributed by atoms with van der Waals surface area (Å²) in [7, 11) is 1.61. The second kappa shape index (κ2) is 6.38. The Morgan fingerprint density at radius 1 is 1.30 bits per heavy atom. The average Bonchev–Trinajstić information content (AvgIpc) is 2.81. The molecule has 1 N–H and O–H groups in total. The number of aryl methyl sites for hydroxylation is 1. The van der Waals surface area contributed by atoms with Gasteiger partial charge in [0.15, 0.2) is 0 Å². The summed E-state index contributed by atoms with van der Waals surface area (Å²) in [6, 6.07) is 7.31. The molecule has 0 aliphatic heterocycles. The van der Waals surface area contributed by atoms with Gasteiger partial charge in [-0.1, -0.05) is 0 Å². The molecule has 0 saturated carbocycles. The van der Waals surface area contributed by atoms with Gasteiger partial charge in [0, 0.05) is 6.42 Å². The van der Waals surface area contributed by atoms with Gasteiger partial charge in [-0.15, -0.1) is 11.3 Å². The molecule has 0 amide bonds. The first kappa shape index (κ1) is 14.3. The monoisotopic (exact) mass is 293 g/mol. The summed E-state index contributed by atoms with van der Waals surface area (Å²) in [6.07, 6.45) is 0.588. The first-order chi connectivity index (χ1) is 9.60. The lowest BCUT2D eigenvalue weighted by molar-refractivity contribution is 0.0701. The molecule has 0 atom stereocenters. The van der Waals surface area contributed by atoms with Crippen LogP contribution in [0.2, 0.25) is 0 Å². The topological polar surface area (TPSA) is 68.7 Å². The van der Waals surface area contributed by atoms with E-state index in [4.69, 9.17) is 14.6 Å². The summed E-state index contributed by atoms with van der Waals surface area (Å²) in [5.41, 5.74) is 0.557. The molecule has 20 heavy (non-hydrogen) atoms. The summed E-state index contributed by atoms with van der Waals surface area (Å²) in [5, 5.41) is 9.73. The van der Waals surface area contributed by atoms with Gasteiger partial charge < -0.3 is 14.6 Å².